The number of hydrogen-bond donors (Lipinski definition) is 1. The van der Waals surface area contributed by atoms with Crippen LogP contribution < -0.4 is 10.6 Å². The highest BCUT2D eigenvalue weighted by Crippen LogP contribution is 2.28. The standard InChI is InChI=1S/C10H15BrN2/c1-7(2)13(3)10-5-4-8(12)6-9(10)11/h4-7H,12H2,1-3H3. The lowest BCUT2D eigenvalue weighted by Gasteiger charge is -2.25. The molecule has 2 N–H and O–H groups in total. The van der Waals surface area contributed by atoms with Gasteiger partial charge >= 0.3 is 0 Å². The summed E-state index contributed by atoms with van der Waals surface area (Å²) in [6.45, 7) is 4.31. The fraction of sp³-hybridized carbons (Fsp3) is 0.400. The number of benzene rings is 1. The Balaban J connectivity index is 3.01. The van der Waals surface area contributed by atoms with Crippen molar-refractivity contribution < 1.29 is 0 Å². The van der Waals surface area contributed by atoms with Crippen molar-refractivity contribution >= 4 is 27.3 Å². The van der Waals surface area contributed by atoms with Crippen LogP contribution >= 0.6 is 15.9 Å². The van der Waals surface area contributed by atoms with Gasteiger partial charge in [0.25, 0.3) is 0 Å². The van der Waals surface area contributed by atoms with Gasteiger partial charge in [0.2, 0.25) is 0 Å². The van der Waals surface area contributed by atoms with E-state index in [1.54, 1.807) is 0 Å². The second-order valence-corrected chi connectivity index (χ2v) is 4.27. The first-order valence-electron chi connectivity index (χ1n) is 4.30. The van der Waals surface area contributed by atoms with Crippen LogP contribution in [0.2, 0.25) is 0 Å². The molecule has 0 aliphatic heterocycles. The van der Waals surface area contributed by atoms with Crippen LogP contribution in [0.25, 0.3) is 0 Å². The van der Waals surface area contributed by atoms with Gasteiger partial charge < -0.3 is 10.6 Å². The van der Waals surface area contributed by atoms with E-state index in [9.17, 15) is 0 Å². The molecule has 0 aliphatic carbocycles. The highest BCUT2D eigenvalue weighted by atomic mass is 79.9. The summed E-state index contributed by atoms with van der Waals surface area (Å²) in [5.41, 5.74) is 7.61. The third-order valence-corrected chi connectivity index (χ3v) is 2.76. The van der Waals surface area contributed by atoms with Crippen LogP contribution in [0.15, 0.2) is 22.7 Å². The molecule has 3 heteroatoms. The molecule has 1 rings (SSSR count). The minimum atomic E-state index is 0.486. The molecule has 0 heterocycles. The molecule has 0 bridgehead atoms. The predicted octanol–water partition coefficient (Wildman–Crippen LogP) is 2.88. The first kappa shape index (κ1) is 10.4. The number of anilines is 2. The van der Waals surface area contributed by atoms with E-state index in [4.69, 9.17) is 5.73 Å². The Morgan fingerprint density at radius 2 is 2.00 bits per heavy atom. The van der Waals surface area contributed by atoms with Gasteiger partial charge in [-0.05, 0) is 48.0 Å². The summed E-state index contributed by atoms with van der Waals surface area (Å²) < 4.78 is 1.05. The average molecular weight is 243 g/mol. The molecular formula is C10H15BrN2. The largest absolute Gasteiger partial charge is 0.399 e. The van der Waals surface area contributed by atoms with E-state index in [0.717, 1.165) is 10.2 Å². The number of halogens is 1. The molecule has 0 aliphatic rings. The van der Waals surface area contributed by atoms with E-state index in [2.05, 4.69) is 41.7 Å². The summed E-state index contributed by atoms with van der Waals surface area (Å²) >= 11 is 3.49. The number of nitrogen functional groups attached to an aromatic ring is 1. The topological polar surface area (TPSA) is 29.3 Å². The van der Waals surface area contributed by atoms with Gasteiger partial charge in [0.1, 0.15) is 0 Å². The molecule has 2 nitrogen and oxygen atoms in total. The van der Waals surface area contributed by atoms with Crippen molar-refractivity contribution in [3.8, 4) is 0 Å². The maximum atomic E-state index is 5.66. The van der Waals surface area contributed by atoms with E-state index in [-0.39, 0.29) is 0 Å². The average Bonchev–Trinajstić information content (AvgIpc) is 2.03. The molecule has 0 fully saturated rings. The monoisotopic (exact) mass is 242 g/mol. The van der Waals surface area contributed by atoms with Gasteiger partial charge in [-0.25, -0.2) is 0 Å². The zero-order valence-corrected chi connectivity index (χ0v) is 9.80. The van der Waals surface area contributed by atoms with Gasteiger partial charge in [-0.15, -0.1) is 0 Å². The summed E-state index contributed by atoms with van der Waals surface area (Å²) in [6.07, 6.45) is 0. The third-order valence-electron chi connectivity index (χ3n) is 2.13. The van der Waals surface area contributed by atoms with E-state index in [1.807, 2.05) is 18.2 Å². The van der Waals surface area contributed by atoms with Crippen LogP contribution in [0.1, 0.15) is 13.8 Å². The molecule has 0 saturated heterocycles. The Labute approximate surface area is 87.9 Å². The van der Waals surface area contributed by atoms with Gasteiger partial charge in [-0.3, -0.25) is 0 Å². The van der Waals surface area contributed by atoms with Gasteiger partial charge in [0.05, 0.1) is 5.69 Å². The lowest BCUT2D eigenvalue weighted by atomic mass is 10.2. The smallest absolute Gasteiger partial charge is 0.0511 e. The minimum Gasteiger partial charge on any atom is -0.399 e. The number of nitrogens with two attached hydrogens (primary N) is 1. The molecule has 0 aromatic heterocycles. The number of hydrogen-bond acceptors (Lipinski definition) is 2. The minimum absolute atomic E-state index is 0.486. The van der Waals surface area contributed by atoms with E-state index in [1.165, 1.54) is 5.69 Å². The van der Waals surface area contributed by atoms with Crippen LogP contribution in [0.3, 0.4) is 0 Å². The van der Waals surface area contributed by atoms with Crippen LogP contribution in [-0.2, 0) is 0 Å². The van der Waals surface area contributed by atoms with Gasteiger partial charge in [0, 0.05) is 23.2 Å². The van der Waals surface area contributed by atoms with Crippen molar-refractivity contribution in [3.05, 3.63) is 22.7 Å². The SMILES string of the molecule is CC(C)N(C)c1ccc(N)cc1Br. The maximum Gasteiger partial charge on any atom is 0.0511 e. The van der Waals surface area contributed by atoms with E-state index >= 15 is 0 Å². The first-order chi connectivity index (χ1) is 6.02. The van der Waals surface area contributed by atoms with Crippen molar-refractivity contribution in [2.24, 2.45) is 0 Å². The maximum absolute atomic E-state index is 5.66. The zero-order chi connectivity index (χ0) is 10.0. The molecule has 0 spiro atoms. The lowest BCUT2D eigenvalue weighted by molar-refractivity contribution is 0.753. The van der Waals surface area contributed by atoms with Crippen LogP contribution in [0.5, 0.6) is 0 Å². The Kier molecular flexibility index (Phi) is 3.20. The van der Waals surface area contributed by atoms with Gasteiger partial charge in [-0.2, -0.15) is 0 Å². The Hall–Kier alpha value is -0.700. The summed E-state index contributed by atoms with van der Waals surface area (Å²) in [4.78, 5) is 2.20. The summed E-state index contributed by atoms with van der Waals surface area (Å²) in [7, 11) is 2.07. The summed E-state index contributed by atoms with van der Waals surface area (Å²) in [5.74, 6) is 0. The molecule has 0 amide bonds. The number of rotatable bonds is 2. The highest BCUT2D eigenvalue weighted by molar-refractivity contribution is 9.10. The third kappa shape index (κ3) is 2.37. The normalized spacial score (nSPS) is 10.5. The Morgan fingerprint density at radius 1 is 1.38 bits per heavy atom. The van der Waals surface area contributed by atoms with Crippen LogP contribution in [0.4, 0.5) is 11.4 Å². The Morgan fingerprint density at radius 3 is 2.46 bits per heavy atom. The molecule has 1 aromatic rings. The fourth-order valence-electron chi connectivity index (χ4n) is 1.09. The quantitative estimate of drug-likeness (QED) is 0.809. The molecule has 0 unspecified atom stereocenters. The van der Waals surface area contributed by atoms with Gasteiger partial charge in [0.15, 0.2) is 0 Å². The fourth-order valence-corrected chi connectivity index (χ4v) is 1.76. The summed E-state index contributed by atoms with van der Waals surface area (Å²) in [6, 6.07) is 6.35. The molecular weight excluding hydrogens is 228 g/mol. The van der Waals surface area contributed by atoms with Crippen molar-refractivity contribution in [1.82, 2.24) is 0 Å². The van der Waals surface area contributed by atoms with Crippen molar-refractivity contribution in [2.75, 3.05) is 17.7 Å². The van der Waals surface area contributed by atoms with E-state index < -0.39 is 0 Å². The second-order valence-electron chi connectivity index (χ2n) is 3.42. The summed E-state index contributed by atoms with van der Waals surface area (Å²) in [5, 5.41) is 0. The van der Waals surface area contributed by atoms with Gasteiger partial charge in [-0.1, -0.05) is 0 Å². The lowest BCUT2D eigenvalue weighted by Crippen LogP contribution is -2.25. The molecule has 0 radical (unpaired) electrons. The van der Waals surface area contributed by atoms with Crippen molar-refractivity contribution in [3.63, 3.8) is 0 Å². The molecule has 72 valence electrons. The van der Waals surface area contributed by atoms with Crippen molar-refractivity contribution in [1.29, 1.82) is 0 Å². The van der Waals surface area contributed by atoms with Crippen LogP contribution in [0, 0.1) is 0 Å². The predicted molar refractivity (Wildman–Crippen MR) is 62.1 cm³/mol. The van der Waals surface area contributed by atoms with Crippen molar-refractivity contribution in [2.45, 2.75) is 19.9 Å². The molecule has 1 aromatic carbocycles. The molecule has 0 saturated carbocycles. The first-order valence-corrected chi connectivity index (χ1v) is 5.09. The second kappa shape index (κ2) is 4.01. The molecule has 0 atom stereocenters. The highest BCUT2D eigenvalue weighted by Gasteiger charge is 2.08. The van der Waals surface area contributed by atoms with Crippen LogP contribution in [-0.4, -0.2) is 13.1 Å². The zero-order valence-electron chi connectivity index (χ0n) is 8.21. The molecule has 13 heavy (non-hydrogen) atoms. The Bertz CT molecular complexity index is 297. The van der Waals surface area contributed by atoms with E-state index in [0.29, 0.717) is 6.04 Å². The number of nitrogens with zero attached hydrogens (tertiary/aromatic N) is 1.